The molecular formula is C37H23NO14. The van der Waals surface area contributed by atoms with Gasteiger partial charge in [-0.3, -0.25) is 0 Å². The van der Waals surface area contributed by atoms with Crippen molar-refractivity contribution in [2.75, 3.05) is 0 Å². The van der Waals surface area contributed by atoms with Gasteiger partial charge in [-0.1, -0.05) is 6.07 Å². The molecule has 0 saturated heterocycles. The fourth-order valence-electron chi connectivity index (χ4n) is 7.25. The van der Waals surface area contributed by atoms with Gasteiger partial charge in [0, 0.05) is 23.4 Å². The molecule has 0 aliphatic heterocycles. The number of benzene rings is 6. The van der Waals surface area contributed by atoms with E-state index in [-0.39, 0.29) is 76.9 Å². The first-order chi connectivity index (χ1) is 24.7. The summed E-state index contributed by atoms with van der Waals surface area (Å²) in [4.78, 5) is 0. The molecule has 260 valence electrons. The van der Waals surface area contributed by atoms with Crippen molar-refractivity contribution in [1.82, 2.24) is 4.57 Å². The van der Waals surface area contributed by atoms with Crippen LogP contribution in [-0.2, 0) is 0 Å². The van der Waals surface area contributed by atoms with Crippen LogP contribution < -0.4 is 0 Å². The van der Waals surface area contributed by atoms with E-state index in [1.807, 2.05) is 0 Å². The zero-order chi connectivity index (χ0) is 36.8. The number of hydrogen-bond donors (Lipinski definition) is 12. The summed E-state index contributed by atoms with van der Waals surface area (Å²) >= 11 is 0. The van der Waals surface area contributed by atoms with E-state index in [0.717, 1.165) is 18.2 Å². The van der Waals surface area contributed by atoms with Crippen LogP contribution in [0, 0.1) is 6.92 Å². The van der Waals surface area contributed by atoms with Crippen LogP contribution in [0.4, 0.5) is 0 Å². The van der Waals surface area contributed by atoms with Crippen molar-refractivity contribution in [1.29, 1.82) is 0 Å². The van der Waals surface area contributed by atoms with Gasteiger partial charge in [0.1, 0.15) is 27.9 Å². The molecule has 0 fully saturated rings. The summed E-state index contributed by atoms with van der Waals surface area (Å²) in [6.45, 7) is 1.65. The highest BCUT2D eigenvalue weighted by Gasteiger charge is 2.32. The van der Waals surface area contributed by atoms with Gasteiger partial charge < -0.3 is 74.7 Å². The molecule has 0 saturated carbocycles. The number of rotatable bonds is 2. The van der Waals surface area contributed by atoms with E-state index < -0.39 is 69.0 Å². The van der Waals surface area contributed by atoms with Crippen molar-refractivity contribution in [2.24, 2.45) is 0 Å². The number of phenols is 12. The van der Waals surface area contributed by atoms with Crippen LogP contribution in [0.1, 0.15) is 5.56 Å². The van der Waals surface area contributed by atoms with Gasteiger partial charge in [0.2, 0.25) is 0 Å². The molecule has 0 aliphatic rings. The topological polar surface area (TPSA) is 274 Å². The van der Waals surface area contributed by atoms with Gasteiger partial charge in [-0.05, 0) is 48.4 Å². The van der Waals surface area contributed by atoms with Gasteiger partial charge in [-0.25, -0.2) is 0 Å². The molecule has 9 rings (SSSR count). The molecule has 3 aromatic heterocycles. The van der Waals surface area contributed by atoms with Gasteiger partial charge in [-0.15, -0.1) is 0 Å². The average Bonchev–Trinajstić information content (AvgIpc) is 3.80. The van der Waals surface area contributed by atoms with E-state index in [4.69, 9.17) is 8.83 Å². The summed E-state index contributed by atoms with van der Waals surface area (Å²) in [5, 5.41) is 128. The van der Waals surface area contributed by atoms with Crippen molar-refractivity contribution in [3.63, 3.8) is 0 Å². The van der Waals surface area contributed by atoms with Crippen molar-refractivity contribution in [3.8, 4) is 85.8 Å². The standard InChI is InChI=1S/C37H23NO14/c1-10-6-11(12-7-16(41)31(47)25-26-32(48)18(43)9-19(44)36(26)52-35(12)25)2-3-13(10)38-27-15(40)8-17(42)30(46)22(27)23-28(38)37-24(34(50)33(23)49)21-20(51-37)5-4-14(39)29(21)45/h2-9,39-50H,1H3. The lowest BCUT2D eigenvalue weighted by Crippen LogP contribution is -1.98. The molecule has 6 aromatic carbocycles. The predicted octanol–water partition coefficient (Wildman–Crippen LogP) is 7.03. The Labute approximate surface area is 287 Å². The number of hydrogen-bond acceptors (Lipinski definition) is 14. The maximum absolute atomic E-state index is 11.5. The summed E-state index contributed by atoms with van der Waals surface area (Å²) in [7, 11) is 0. The number of nitrogens with zero attached hydrogens (tertiary/aromatic N) is 1. The number of fused-ring (bicyclic) bond motifs is 10. The van der Waals surface area contributed by atoms with Crippen molar-refractivity contribution < 1.29 is 70.1 Å². The molecule has 0 atom stereocenters. The first-order valence-corrected chi connectivity index (χ1v) is 15.3. The van der Waals surface area contributed by atoms with Crippen LogP contribution in [0.5, 0.6) is 69.0 Å². The summed E-state index contributed by atoms with van der Waals surface area (Å²) in [6, 6.07) is 10.1. The van der Waals surface area contributed by atoms with Crippen LogP contribution in [0.3, 0.4) is 0 Å². The minimum Gasteiger partial charge on any atom is -0.506 e. The molecule has 0 radical (unpaired) electrons. The Morgan fingerprint density at radius 3 is 1.67 bits per heavy atom. The molecule has 15 heteroatoms. The minimum absolute atomic E-state index is 0.0000453. The molecule has 15 nitrogen and oxygen atoms in total. The van der Waals surface area contributed by atoms with Gasteiger partial charge >= 0.3 is 0 Å². The van der Waals surface area contributed by atoms with Gasteiger partial charge in [0.25, 0.3) is 0 Å². The molecule has 12 N–H and O–H groups in total. The quantitative estimate of drug-likeness (QED) is 0.0636. The molecular weight excluding hydrogens is 682 g/mol. The number of aromatic nitrogens is 1. The maximum Gasteiger partial charge on any atom is 0.181 e. The fourth-order valence-corrected chi connectivity index (χ4v) is 7.25. The van der Waals surface area contributed by atoms with Crippen LogP contribution in [0.25, 0.3) is 82.5 Å². The lowest BCUT2D eigenvalue weighted by Gasteiger charge is -2.15. The van der Waals surface area contributed by atoms with E-state index in [2.05, 4.69) is 0 Å². The molecule has 0 bridgehead atoms. The summed E-state index contributed by atoms with van der Waals surface area (Å²) in [5.41, 5.74) is 0.600. The Morgan fingerprint density at radius 1 is 0.423 bits per heavy atom. The zero-order valence-corrected chi connectivity index (χ0v) is 26.2. The molecule has 9 aromatic rings. The Kier molecular flexibility index (Phi) is 5.68. The van der Waals surface area contributed by atoms with Gasteiger partial charge in [0.05, 0.1) is 32.3 Å². The molecule has 0 amide bonds. The number of furan rings is 2. The summed E-state index contributed by atoms with van der Waals surface area (Å²) in [5.74, 6) is -8.09. The zero-order valence-electron chi connectivity index (χ0n) is 26.2. The Balaban J connectivity index is 1.40. The average molecular weight is 706 g/mol. The van der Waals surface area contributed by atoms with Gasteiger partial charge in [0.15, 0.2) is 74.4 Å². The fraction of sp³-hybridized carbons (Fsp3) is 0.0270. The third-order valence-electron chi connectivity index (χ3n) is 9.53. The smallest absolute Gasteiger partial charge is 0.181 e. The maximum atomic E-state index is 11.5. The highest BCUT2D eigenvalue weighted by atomic mass is 16.4. The number of aromatic hydroxyl groups is 12. The highest BCUT2D eigenvalue weighted by molar-refractivity contribution is 6.29. The molecule has 52 heavy (non-hydrogen) atoms. The monoisotopic (exact) mass is 705 g/mol. The predicted molar refractivity (Wildman–Crippen MR) is 185 cm³/mol. The Hall–Kier alpha value is -7.68. The van der Waals surface area contributed by atoms with E-state index in [9.17, 15) is 61.3 Å². The van der Waals surface area contributed by atoms with Crippen LogP contribution in [0.15, 0.2) is 57.4 Å². The first kappa shape index (κ1) is 30.4. The third kappa shape index (κ3) is 3.57. The highest BCUT2D eigenvalue weighted by Crippen LogP contribution is 2.57. The molecule has 0 spiro atoms. The number of phenolic OH excluding ortho intramolecular Hbond substituents is 12. The van der Waals surface area contributed by atoms with E-state index in [0.29, 0.717) is 11.1 Å². The van der Waals surface area contributed by atoms with Crippen LogP contribution in [-0.4, -0.2) is 65.8 Å². The second kappa shape index (κ2) is 9.72. The van der Waals surface area contributed by atoms with E-state index >= 15 is 0 Å². The first-order valence-electron chi connectivity index (χ1n) is 15.3. The lowest BCUT2D eigenvalue weighted by molar-refractivity contribution is 0.400. The normalized spacial score (nSPS) is 12.1. The summed E-state index contributed by atoms with van der Waals surface area (Å²) in [6.07, 6.45) is 0. The van der Waals surface area contributed by atoms with Crippen molar-refractivity contribution >= 4 is 65.7 Å². The third-order valence-corrected chi connectivity index (χ3v) is 9.53. The Morgan fingerprint density at radius 2 is 0.981 bits per heavy atom. The van der Waals surface area contributed by atoms with Crippen molar-refractivity contribution in [3.05, 3.63) is 54.1 Å². The second-order valence-corrected chi connectivity index (χ2v) is 12.4. The minimum atomic E-state index is -0.810. The van der Waals surface area contributed by atoms with E-state index in [1.165, 1.54) is 16.7 Å². The molecule has 0 unspecified atom stereocenters. The molecule has 0 aliphatic carbocycles. The van der Waals surface area contributed by atoms with Crippen LogP contribution >= 0.6 is 0 Å². The second-order valence-electron chi connectivity index (χ2n) is 12.4. The SMILES string of the molecule is Cc1cc(-c2cc(O)c(O)c3c2oc2c(O)cc(O)c(O)c23)ccc1-n1c2c(O)cc(O)c(O)c2c2c(O)c(O)c3c(oc4ccc(O)c(O)c43)c21. The van der Waals surface area contributed by atoms with Crippen LogP contribution in [0.2, 0.25) is 0 Å². The number of aryl methyl sites for hydroxylation is 1. The largest absolute Gasteiger partial charge is 0.506 e. The van der Waals surface area contributed by atoms with Gasteiger partial charge in [-0.2, -0.15) is 0 Å². The molecule has 3 heterocycles. The lowest BCUT2D eigenvalue weighted by atomic mass is 9.98. The van der Waals surface area contributed by atoms with E-state index in [1.54, 1.807) is 25.1 Å². The van der Waals surface area contributed by atoms with Crippen molar-refractivity contribution in [2.45, 2.75) is 6.92 Å². The summed E-state index contributed by atoms with van der Waals surface area (Å²) < 4.78 is 13.4. The Bertz CT molecular complexity index is 3110.